The monoisotopic (exact) mass is 616 g/mol. The Morgan fingerprint density at radius 3 is 2.27 bits per heavy atom. The van der Waals surface area contributed by atoms with Crippen LogP contribution >= 0.6 is 0 Å². The first-order valence-corrected chi connectivity index (χ1v) is 17.4. The Morgan fingerprint density at radius 1 is 0.889 bits per heavy atom. The minimum absolute atomic E-state index is 0.0107. The second-order valence-electron chi connectivity index (χ2n) is 16.8. The van der Waals surface area contributed by atoms with Crippen molar-refractivity contribution in [1.29, 1.82) is 0 Å². The number of benzene rings is 1. The van der Waals surface area contributed by atoms with Crippen molar-refractivity contribution in [3.8, 4) is 11.5 Å². The van der Waals surface area contributed by atoms with Crippen LogP contribution in [-0.4, -0.2) is 33.1 Å². The van der Waals surface area contributed by atoms with Gasteiger partial charge in [-0.05, 0) is 128 Å². The maximum Gasteiger partial charge on any atom is 0.312 e. The molecule has 0 heterocycles. The van der Waals surface area contributed by atoms with Gasteiger partial charge in [-0.1, -0.05) is 58.9 Å². The van der Waals surface area contributed by atoms with Crippen molar-refractivity contribution in [3.63, 3.8) is 0 Å². The molecule has 1 aromatic rings. The van der Waals surface area contributed by atoms with Crippen molar-refractivity contribution >= 4 is 17.8 Å². The minimum Gasteiger partial charge on any atom is -0.493 e. The van der Waals surface area contributed by atoms with Crippen LogP contribution in [0.1, 0.15) is 105 Å². The van der Waals surface area contributed by atoms with Gasteiger partial charge in [-0.2, -0.15) is 0 Å². The number of methoxy groups -OCH3 is 3. The molecule has 246 valence electrons. The highest BCUT2D eigenvalue weighted by molar-refractivity contribution is 6.04. The number of ketones is 1. The van der Waals surface area contributed by atoms with E-state index in [2.05, 4.69) is 54.2 Å². The molecule has 5 aliphatic carbocycles. The van der Waals surface area contributed by atoms with E-state index in [0.29, 0.717) is 41.1 Å². The van der Waals surface area contributed by atoms with Gasteiger partial charge in [0.2, 0.25) is 0 Å². The van der Waals surface area contributed by atoms with Gasteiger partial charge in [0.05, 0.1) is 26.7 Å². The molecule has 0 amide bonds. The summed E-state index contributed by atoms with van der Waals surface area (Å²) in [7, 11) is 4.89. The summed E-state index contributed by atoms with van der Waals surface area (Å²) in [6, 6.07) is 5.89. The number of hydrogen-bond acceptors (Lipinski definition) is 5. The van der Waals surface area contributed by atoms with Crippen LogP contribution in [0.2, 0.25) is 0 Å². The van der Waals surface area contributed by atoms with Crippen LogP contribution < -0.4 is 9.47 Å². The van der Waals surface area contributed by atoms with Crippen LogP contribution in [0.25, 0.3) is 6.08 Å². The van der Waals surface area contributed by atoms with Crippen molar-refractivity contribution in [2.24, 2.45) is 56.7 Å². The first-order chi connectivity index (χ1) is 21.2. The normalized spacial score (nSPS) is 42.6. The van der Waals surface area contributed by atoms with E-state index >= 15 is 0 Å². The number of para-hydroxylation sites is 1. The van der Waals surface area contributed by atoms with Crippen molar-refractivity contribution in [2.75, 3.05) is 21.3 Å². The third-order valence-corrected chi connectivity index (χ3v) is 15.0. The number of allylic oxidation sites excluding steroid dienone is 2. The Bertz CT molecular complexity index is 1440. The van der Waals surface area contributed by atoms with Gasteiger partial charge >= 0.3 is 5.97 Å². The maximum atomic E-state index is 14.3. The third-order valence-electron chi connectivity index (χ3n) is 15.0. The number of fused-ring (bicyclic) bond motifs is 7. The zero-order valence-corrected chi connectivity index (χ0v) is 29.3. The second-order valence-corrected chi connectivity index (χ2v) is 16.8. The van der Waals surface area contributed by atoms with Gasteiger partial charge < -0.3 is 14.2 Å². The summed E-state index contributed by atoms with van der Waals surface area (Å²) in [6.45, 7) is 18.7. The Hall–Kier alpha value is -2.56. The fourth-order valence-corrected chi connectivity index (χ4v) is 12.9. The highest BCUT2D eigenvalue weighted by atomic mass is 16.5. The fraction of sp³-hybridized carbons (Fsp3) is 0.700. The molecule has 5 nitrogen and oxygen atoms in total. The van der Waals surface area contributed by atoms with Crippen LogP contribution in [-0.2, 0) is 14.3 Å². The Kier molecular flexibility index (Phi) is 7.73. The molecule has 5 fully saturated rings. The lowest BCUT2D eigenvalue weighted by atomic mass is 9.32. The summed E-state index contributed by atoms with van der Waals surface area (Å²) in [6.07, 6.45) is 11.3. The van der Waals surface area contributed by atoms with E-state index in [-0.39, 0.29) is 33.4 Å². The predicted octanol–water partition coefficient (Wildman–Crippen LogP) is 9.10. The van der Waals surface area contributed by atoms with E-state index in [1.807, 2.05) is 18.2 Å². The molecular weight excluding hydrogens is 560 g/mol. The molecule has 9 atom stereocenters. The average Bonchev–Trinajstić information content (AvgIpc) is 3.41. The fourth-order valence-electron chi connectivity index (χ4n) is 12.9. The SMILES string of the molecule is C=C(C)[C@H]1CC[C@@]2(C(=O)OC)CC[C@]3(C)[C@@H](CC[C@H]4[C@@]5(C)CC(=Cc6cccc(OC)c6OC)C(=O)C(C)(C)[C@@H]5CC[C@]43C)[C@@H]12. The van der Waals surface area contributed by atoms with Crippen LogP contribution in [0.4, 0.5) is 0 Å². The van der Waals surface area contributed by atoms with Crippen LogP contribution in [0.5, 0.6) is 11.5 Å². The summed E-state index contributed by atoms with van der Waals surface area (Å²) in [5.74, 6) is 3.58. The molecule has 0 spiro atoms. The first-order valence-electron chi connectivity index (χ1n) is 17.4. The maximum absolute atomic E-state index is 14.3. The molecule has 0 aromatic heterocycles. The predicted molar refractivity (Wildman–Crippen MR) is 179 cm³/mol. The van der Waals surface area contributed by atoms with E-state index in [9.17, 15) is 9.59 Å². The minimum atomic E-state index is -0.451. The molecule has 5 saturated carbocycles. The average molecular weight is 617 g/mol. The number of ether oxygens (including phenoxy) is 3. The molecule has 45 heavy (non-hydrogen) atoms. The quantitative estimate of drug-likeness (QED) is 0.188. The molecule has 0 saturated heterocycles. The van der Waals surface area contributed by atoms with Crippen molar-refractivity contribution in [1.82, 2.24) is 0 Å². The van der Waals surface area contributed by atoms with Gasteiger partial charge in [0.1, 0.15) is 0 Å². The van der Waals surface area contributed by atoms with Crippen molar-refractivity contribution in [2.45, 2.75) is 99.3 Å². The summed E-state index contributed by atoms with van der Waals surface area (Å²) in [4.78, 5) is 27.9. The zero-order valence-electron chi connectivity index (χ0n) is 29.3. The molecule has 0 aliphatic heterocycles. The third kappa shape index (κ3) is 4.23. The molecule has 0 N–H and O–H groups in total. The number of esters is 1. The van der Waals surface area contributed by atoms with E-state index in [1.54, 1.807) is 21.3 Å². The largest absolute Gasteiger partial charge is 0.493 e. The van der Waals surface area contributed by atoms with Gasteiger partial charge in [-0.25, -0.2) is 0 Å². The Labute approximate surface area is 271 Å². The zero-order chi connectivity index (χ0) is 32.7. The number of rotatable bonds is 5. The lowest BCUT2D eigenvalue weighted by molar-refractivity contribution is -0.232. The van der Waals surface area contributed by atoms with Crippen molar-refractivity contribution in [3.05, 3.63) is 41.5 Å². The van der Waals surface area contributed by atoms with Crippen LogP contribution in [0.15, 0.2) is 35.9 Å². The Balaban J connectivity index is 1.42. The van der Waals surface area contributed by atoms with Gasteiger partial charge in [0.25, 0.3) is 0 Å². The topological polar surface area (TPSA) is 61.8 Å². The molecule has 0 bridgehead atoms. The lowest BCUT2D eigenvalue weighted by Crippen LogP contribution is -2.67. The van der Waals surface area contributed by atoms with Crippen LogP contribution in [0, 0.1) is 56.7 Å². The van der Waals surface area contributed by atoms with Crippen LogP contribution in [0.3, 0.4) is 0 Å². The number of Topliss-reactive ketones (excluding diaryl/α,β-unsaturated/α-hetero) is 1. The molecule has 6 rings (SSSR count). The van der Waals surface area contributed by atoms with Gasteiger partial charge in [0, 0.05) is 11.0 Å². The number of carbonyl (C=O) groups excluding carboxylic acids is 2. The van der Waals surface area contributed by atoms with Gasteiger partial charge in [-0.15, -0.1) is 0 Å². The Morgan fingerprint density at radius 2 is 1.62 bits per heavy atom. The number of carbonyl (C=O) groups is 2. The van der Waals surface area contributed by atoms with E-state index < -0.39 is 5.41 Å². The van der Waals surface area contributed by atoms with Gasteiger partial charge in [-0.3, -0.25) is 9.59 Å². The first kappa shape index (κ1) is 32.4. The van der Waals surface area contributed by atoms with Gasteiger partial charge in [0.15, 0.2) is 17.3 Å². The summed E-state index contributed by atoms with van der Waals surface area (Å²) in [5, 5.41) is 0. The summed E-state index contributed by atoms with van der Waals surface area (Å²) < 4.78 is 16.9. The molecule has 5 heteroatoms. The van der Waals surface area contributed by atoms with Crippen molar-refractivity contribution < 1.29 is 23.8 Å². The highest BCUT2D eigenvalue weighted by Crippen LogP contribution is 2.77. The summed E-state index contributed by atoms with van der Waals surface area (Å²) in [5.41, 5.74) is 2.41. The highest BCUT2D eigenvalue weighted by Gasteiger charge is 2.72. The van der Waals surface area contributed by atoms with E-state index in [1.165, 1.54) is 5.57 Å². The second kappa shape index (κ2) is 10.7. The number of hydrogen-bond donors (Lipinski definition) is 0. The summed E-state index contributed by atoms with van der Waals surface area (Å²) >= 11 is 0. The molecule has 0 unspecified atom stereocenters. The lowest BCUT2D eigenvalue weighted by Gasteiger charge is -2.72. The molecule has 0 radical (unpaired) electrons. The molecule has 1 aromatic carbocycles. The smallest absolute Gasteiger partial charge is 0.312 e. The van der Waals surface area contributed by atoms with E-state index in [4.69, 9.17) is 14.2 Å². The molecule has 5 aliphatic rings. The molecular formula is C40H56O5. The standard InChI is InChI=1S/C40H56O5/c1-24(2)27-16-19-40(35(42)45-10)21-20-38(6)28(32(27)40)14-15-31-37(5)23-26(22-25-12-11-13-29(43-8)33(25)44-9)34(41)36(3,4)30(37)17-18-39(31,38)7/h11-13,22,27-28,30-32H,1,14-21,23H2,2-10H3/t27-,28+,30+,31+,32-,37+,38-,39-,40-/m1/s1. The van der Waals surface area contributed by atoms with E-state index in [0.717, 1.165) is 68.9 Å².